The number of rotatable bonds is 7. The van der Waals surface area contributed by atoms with Crippen molar-refractivity contribution in [2.75, 3.05) is 39.9 Å². The van der Waals surface area contributed by atoms with Gasteiger partial charge in [0, 0.05) is 32.3 Å². The highest BCUT2D eigenvalue weighted by Crippen LogP contribution is 2.26. The molecule has 2 fully saturated rings. The highest BCUT2D eigenvalue weighted by molar-refractivity contribution is 5.36. The van der Waals surface area contributed by atoms with Crippen LogP contribution < -0.4 is 10.1 Å². The van der Waals surface area contributed by atoms with E-state index >= 15 is 0 Å². The van der Waals surface area contributed by atoms with Crippen LogP contribution in [0, 0.1) is 5.92 Å². The van der Waals surface area contributed by atoms with Crippen LogP contribution in [0.4, 0.5) is 0 Å². The lowest BCUT2D eigenvalue weighted by Crippen LogP contribution is -2.50. The number of nitrogens with zero attached hydrogens (tertiary/aromatic N) is 1. The van der Waals surface area contributed by atoms with Gasteiger partial charge in [0.2, 0.25) is 0 Å². The van der Waals surface area contributed by atoms with Gasteiger partial charge in [0.05, 0.1) is 13.2 Å². The summed E-state index contributed by atoms with van der Waals surface area (Å²) in [6.45, 7) is 10.1. The zero-order chi connectivity index (χ0) is 17.6. The molecule has 0 radical (unpaired) electrons. The van der Waals surface area contributed by atoms with Crippen LogP contribution >= 0.6 is 0 Å². The highest BCUT2D eigenvalue weighted by atomic mass is 16.5. The molecular weight excluding hydrogens is 312 g/mol. The highest BCUT2D eigenvalue weighted by Gasteiger charge is 2.28. The van der Waals surface area contributed by atoms with Gasteiger partial charge in [-0.2, -0.15) is 0 Å². The van der Waals surface area contributed by atoms with Gasteiger partial charge in [-0.05, 0) is 49.3 Å². The van der Waals surface area contributed by atoms with E-state index in [2.05, 4.69) is 42.3 Å². The third-order valence-electron chi connectivity index (χ3n) is 5.83. The fourth-order valence-corrected chi connectivity index (χ4v) is 4.29. The van der Waals surface area contributed by atoms with Gasteiger partial charge in [-0.15, -0.1) is 0 Å². The largest absolute Gasteiger partial charge is 0.496 e. The van der Waals surface area contributed by atoms with Gasteiger partial charge < -0.3 is 19.7 Å². The van der Waals surface area contributed by atoms with Gasteiger partial charge >= 0.3 is 0 Å². The maximum absolute atomic E-state index is 5.80. The first-order valence-electron chi connectivity index (χ1n) is 9.87. The van der Waals surface area contributed by atoms with Gasteiger partial charge in [0.25, 0.3) is 0 Å². The summed E-state index contributed by atoms with van der Waals surface area (Å²) in [4.78, 5) is 2.60. The van der Waals surface area contributed by atoms with Gasteiger partial charge in [0.15, 0.2) is 0 Å². The SMILES string of the molecule is COc1ccccc1[C@H](C)CN[C@@H]1CCN(C[C@H]2CCCO2)C[C@H]1C. The molecule has 1 aromatic rings. The standard InChI is InChI=1S/C21H34N2O2/c1-16(19-8-4-5-9-21(19)24-3)13-22-20-10-11-23(14-17(20)2)15-18-7-6-12-25-18/h4-5,8-9,16-18,20,22H,6-7,10-15H2,1-3H3/t16-,17-,18-,20-/m1/s1. The topological polar surface area (TPSA) is 33.7 Å². The Morgan fingerprint density at radius 3 is 2.88 bits per heavy atom. The number of hydrogen-bond donors (Lipinski definition) is 1. The van der Waals surface area contributed by atoms with E-state index in [1.165, 1.54) is 37.9 Å². The van der Waals surface area contributed by atoms with Crippen LogP contribution in [0.5, 0.6) is 5.75 Å². The molecule has 0 unspecified atom stereocenters. The fourth-order valence-electron chi connectivity index (χ4n) is 4.29. The predicted molar refractivity (Wildman–Crippen MR) is 102 cm³/mol. The van der Waals surface area contributed by atoms with Crippen LogP contribution in [-0.2, 0) is 4.74 Å². The summed E-state index contributed by atoms with van der Waals surface area (Å²) in [5, 5.41) is 3.82. The molecule has 0 spiro atoms. The van der Waals surface area contributed by atoms with Crippen molar-refractivity contribution in [2.24, 2.45) is 5.92 Å². The Labute approximate surface area is 152 Å². The van der Waals surface area contributed by atoms with Crippen LogP contribution in [0.2, 0.25) is 0 Å². The second kappa shape index (κ2) is 9.02. The minimum absolute atomic E-state index is 0.452. The molecule has 2 aliphatic rings. The van der Waals surface area contributed by atoms with Crippen LogP contribution in [0.3, 0.4) is 0 Å². The average molecular weight is 347 g/mol. The Kier molecular flexibility index (Phi) is 6.74. The second-order valence-electron chi connectivity index (χ2n) is 7.82. The van der Waals surface area contributed by atoms with E-state index in [-0.39, 0.29) is 0 Å². The molecule has 4 nitrogen and oxygen atoms in total. The molecule has 140 valence electrons. The first-order chi connectivity index (χ1) is 12.2. The monoisotopic (exact) mass is 346 g/mol. The number of hydrogen-bond acceptors (Lipinski definition) is 4. The number of benzene rings is 1. The minimum atomic E-state index is 0.452. The molecule has 0 amide bonds. The number of methoxy groups -OCH3 is 1. The molecule has 3 rings (SSSR count). The predicted octanol–water partition coefficient (Wildman–Crippen LogP) is 3.28. The van der Waals surface area contributed by atoms with Gasteiger partial charge in [0.1, 0.15) is 5.75 Å². The summed E-state index contributed by atoms with van der Waals surface area (Å²) < 4.78 is 11.3. The van der Waals surface area contributed by atoms with Crippen molar-refractivity contribution in [3.63, 3.8) is 0 Å². The molecule has 1 N–H and O–H groups in total. The fraction of sp³-hybridized carbons (Fsp3) is 0.714. The third kappa shape index (κ3) is 4.96. The average Bonchev–Trinajstić information content (AvgIpc) is 3.13. The van der Waals surface area contributed by atoms with E-state index in [0.717, 1.165) is 25.4 Å². The molecule has 4 heteroatoms. The molecule has 2 heterocycles. The Hall–Kier alpha value is -1.10. The molecule has 1 aromatic carbocycles. The van der Waals surface area contributed by atoms with Crippen molar-refractivity contribution >= 4 is 0 Å². The molecule has 0 aliphatic carbocycles. The van der Waals surface area contributed by atoms with E-state index < -0.39 is 0 Å². The maximum atomic E-state index is 5.80. The van der Waals surface area contributed by atoms with Crippen LogP contribution in [0.15, 0.2) is 24.3 Å². The number of nitrogens with one attached hydrogen (secondary N) is 1. The molecule has 0 saturated carbocycles. The van der Waals surface area contributed by atoms with E-state index in [1.54, 1.807) is 7.11 Å². The van der Waals surface area contributed by atoms with Crippen LogP contribution in [0.25, 0.3) is 0 Å². The van der Waals surface area contributed by atoms with Crippen molar-refractivity contribution < 1.29 is 9.47 Å². The number of ether oxygens (including phenoxy) is 2. The van der Waals surface area contributed by atoms with Crippen molar-refractivity contribution in [2.45, 2.75) is 51.2 Å². The van der Waals surface area contributed by atoms with Gasteiger partial charge in [-0.3, -0.25) is 0 Å². The van der Waals surface area contributed by atoms with E-state index in [9.17, 15) is 0 Å². The zero-order valence-corrected chi connectivity index (χ0v) is 16.0. The first-order valence-corrected chi connectivity index (χ1v) is 9.87. The first kappa shape index (κ1) is 18.7. The summed E-state index contributed by atoms with van der Waals surface area (Å²) in [6, 6.07) is 8.98. The van der Waals surface area contributed by atoms with Crippen molar-refractivity contribution in [1.29, 1.82) is 0 Å². The third-order valence-corrected chi connectivity index (χ3v) is 5.83. The summed E-state index contributed by atoms with van der Waals surface area (Å²) >= 11 is 0. The molecule has 2 saturated heterocycles. The smallest absolute Gasteiger partial charge is 0.122 e. The Morgan fingerprint density at radius 2 is 2.16 bits per heavy atom. The molecule has 25 heavy (non-hydrogen) atoms. The maximum Gasteiger partial charge on any atom is 0.122 e. The van der Waals surface area contributed by atoms with Crippen LogP contribution in [0.1, 0.15) is 44.6 Å². The lowest BCUT2D eigenvalue weighted by Gasteiger charge is -2.38. The van der Waals surface area contributed by atoms with Gasteiger partial charge in [-0.25, -0.2) is 0 Å². The number of para-hydroxylation sites is 1. The lowest BCUT2D eigenvalue weighted by atomic mass is 9.92. The number of likely N-dealkylation sites (tertiary alicyclic amines) is 1. The number of piperidine rings is 1. The van der Waals surface area contributed by atoms with E-state index in [0.29, 0.717) is 24.0 Å². The summed E-state index contributed by atoms with van der Waals surface area (Å²) in [5.41, 5.74) is 1.29. The second-order valence-corrected chi connectivity index (χ2v) is 7.82. The van der Waals surface area contributed by atoms with Crippen molar-refractivity contribution in [1.82, 2.24) is 10.2 Å². The normalized spacial score (nSPS) is 28.8. The quantitative estimate of drug-likeness (QED) is 0.821. The molecule has 0 bridgehead atoms. The molecule has 4 atom stereocenters. The van der Waals surface area contributed by atoms with Crippen LogP contribution in [-0.4, -0.2) is 56.9 Å². The molecule has 0 aromatic heterocycles. The van der Waals surface area contributed by atoms with Crippen molar-refractivity contribution in [3.8, 4) is 5.75 Å². The zero-order valence-electron chi connectivity index (χ0n) is 16.0. The Morgan fingerprint density at radius 1 is 1.32 bits per heavy atom. The summed E-state index contributed by atoms with van der Waals surface area (Å²) in [7, 11) is 1.75. The summed E-state index contributed by atoms with van der Waals surface area (Å²) in [6.07, 6.45) is 4.18. The molecule has 2 aliphatic heterocycles. The molecular formula is C21H34N2O2. The van der Waals surface area contributed by atoms with E-state index in [4.69, 9.17) is 9.47 Å². The van der Waals surface area contributed by atoms with Crippen molar-refractivity contribution in [3.05, 3.63) is 29.8 Å². The van der Waals surface area contributed by atoms with E-state index in [1.807, 2.05) is 6.07 Å². The summed E-state index contributed by atoms with van der Waals surface area (Å²) in [5.74, 6) is 2.13. The lowest BCUT2D eigenvalue weighted by molar-refractivity contribution is 0.0513. The Bertz CT molecular complexity index is 530. The minimum Gasteiger partial charge on any atom is -0.496 e. The van der Waals surface area contributed by atoms with Gasteiger partial charge in [-0.1, -0.05) is 32.0 Å². The Balaban J connectivity index is 1.45.